The first kappa shape index (κ1) is 20.1. The maximum absolute atomic E-state index is 13.3. The molecular formula is C19H19F3N2OS. The van der Waals surface area contributed by atoms with Crippen molar-refractivity contribution in [3.63, 3.8) is 0 Å². The van der Waals surface area contributed by atoms with Crippen molar-refractivity contribution in [2.45, 2.75) is 37.4 Å². The maximum atomic E-state index is 13.3. The van der Waals surface area contributed by atoms with E-state index in [-0.39, 0.29) is 10.9 Å². The summed E-state index contributed by atoms with van der Waals surface area (Å²) >= 11 is 1.17. The summed E-state index contributed by atoms with van der Waals surface area (Å²) in [6.45, 7) is 3.56. The van der Waals surface area contributed by atoms with Crippen molar-refractivity contribution in [1.82, 2.24) is 4.98 Å². The Morgan fingerprint density at radius 1 is 1.23 bits per heavy atom. The van der Waals surface area contributed by atoms with Crippen molar-refractivity contribution in [2.24, 2.45) is 0 Å². The second-order valence-electron chi connectivity index (χ2n) is 5.99. The van der Waals surface area contributed by atoms with E-state index < -0.39 is 17.3 Å². The quantitative estimate of drug-likeness (QED) is 0.626. The first-order valence-corrected chi connectivity index (χ1v) is 9.02. The molecule has 1 aromatic heterocycles. The summed E-state index contributed by atoms with van der Waals surface area (Å²) in [5, 5.41) is 9.39. The van der Waals surface area contributed by atoms with Gasteiger partial charge < -0.3 is 4.74 Å². The number of hydrogen-bond acceptors (Lipinski definition) is 4. The predicted octanol–water partition coefficient (Wildman–Crippen LogP) is 5.44. The Bertz CT molecular complexity index is 796. The molecule has 0 radical (unpaired) electrons. The van der Waals surface area contributed by atoms with Crippen LogP contribution in [0.4, 0.5) is 13.2 Å². The largest absolute Gasteiger partial charge is 0.497 e. The van der Waals surface area contributed by atoms with Crippen molar-refractivity contribution in [2.75, 3.05) is 12.9 Å². The predicted molar refractivity (Wildman–Crippen MR) is 95.5 cm³/mol. The molecule has 3 nitrogen and oxygen atoms in total. The molecule has 1 aromatic carbocycles. The van der Waals surface area contributed by atoms with Gasteiger partial charge >= 0.3 is 6.18 Å². The highest BCUT2D eigenvalue weighted by Gasteiger charge is 2.36. The first-order valence-electron chi connectivity index (χ1n) is 8.04. The second-order valence-corrected chi connectivity index (χ2v) is 7.07. The highest BCUT2D eigenvalue weighted by atomic mass is 32.2. The average molecular weight is 380 g/mol. The van der Waals surface area contributed by atoms with Crippen LogP contribution in [-0.4, -0.2) is 17.8 Å². The zero-order valence-corrected chi connectivity index (χ0v) is 15.5. The summed E-state index contributed by atoms with van der Waals surface area (Å²) in [5.74, 6) is 1.10. The summed E-state index contributed by atoms with van der Waals surface area (Å²) in [6, 6.07) is 10.1. The molecule has 0 spiro atoms. The van der Waals surface area contributed by atoms with E-state index >= 15 is 0 Å². The van der Waals surface area contributed by atoms with Gasteiger partial charge in [0.25, 0.3) is 0 Å². The van der Waals surface area contributed by atoms with Crippen LogP contribution in [-0.2, 0) is 12.6 Å². The Balaban J connectivity index is 2.24. The molecule has 0 fully saturated rings. The minimum atomic E-state index is -4.58. The molecule has 138 valence electrons. The third kappa shape index (κ3) is 4.92. The number of halogens is 3. The topological polar surface area (TPSA) is 45.9 Å². The highest BCUT2D eigenvalue weighted by molar-refractivity contribution is 7.99. The summed E-state index contributed by atoms with van der Waals surface area (Å²) in [7, 11) is 1.58. The van der Waals surface area contributed by atoms with Gasteiger partial charge in [0.1, 0.15) is 16.8 Å². The van der Waals surface area contributed by atoms with Crippen molar-refractivity contribution < 1.29 is 17.9 Å². The summed E-state index contributed by atoms with van der Waals surface area (Å²) in [4.78, 5) is 4.30. The molecule has 0 atom stereocenters. The number of alkyl halides is 3. The minimum Gasteiger partial charge on any atom is -0.497 e. The SMILES string of the molecule is COc1ccc(CCSc2nc(C(C)C)cc(C(F)(F)F)c2C#N)cc1. The first-order chi connectivity index (χ1) is 12.3. The van der Waals surface area contributed by atoms with Crippen LogP contribution in [0.3, 0.4) is 0 Å². The lowest BCUT2D eigenvalue weighted by molar-refractivity contribution is -0.138. The standard InChI is InChI=1S/C19H19F3N2OS/c1-12(2)17-10-16(19(20,21)22)15(11-23)18(24-17)26-9-8-13-4-6-14(25-3)7-5-13/h4-7,10,12H,8-9H2,1-3H3. The van der Waals surface area contributed by atoms with Crippen LogP contribution >= 0.6 is 11.8 Å². The Hall–Kier alpha value is -2.20. The third-order valence-corrected chi connectivity index (χ3v) is 4.78. The number of thioether (sulfide) groups is 1. The van der Waals surface area contributed by atoms with Crippen LogP contribution in [0.15, 0.2) is 35.4 Å². The van der Waals surface area contributed by atoms with E-state index in [9.17, 15) is 18.4 Å². The zero-order valence-electron chi connectivity index (χ0n) is 14.7. The molecule has 2 rings (SSSR count). The van der Waals surface area contributed by atoms with Gasteiger partial charge in [0, 0.05) is 11.4 Å². The monoisotopic (exact) mass is 380 g/mol. The normalized spacial score (nSPS) is 11.5. The van der Waals surface area contributed by atoms with Crippen LogP contribution in [0.5, 0.6) is 5.75 Å². The van der Waals surface area contributed by atoms with E-state index in [1.54, 1.807) is 27.0 Å². The number of nitrogens with zero attached hydrogens (tertiary/aromatic N) is 2. The van der Waals surface area contributed by atoms with Gasteiger partial charge in [-0.3, -0.25) is 0 Å². The molecule has 0 saturated heterocycles. The van der Waals surface area contributed by atoms with Gasteiger partial charge in [-0.2, -0.15) is 18.4 Å². The summed E-state index contributed by atoms with van der Waals surface area (Å²) < 4.78 is 45.0. The van der Waals surface area contributed by atoms with E-state index in [1.165, 1.54) is 11.8 Å². The van der Waals surface area contributed by atoms with E-state index in [0.717, 1.165) is 17.4 Å². The van der Waals surface area contributed by atoms with E-state index in [4.69, 9.17) is 4.74 Å². The molecule has 26 heavy (non-hydrogen) atoms. The molecule has 0 unspecified atom stereocenters. The van der Waals surface area contributed by atoms with Crippen molar-refractivity contribution in [3.8, 4) is 11.8 Å². The maximum Gasteiger partial charge on any atom is 0.417 e. The van der Waals surface area contributed by atoms with Gasteiger partial charge in [0.05, 0.1) is 18.2 Å². The fourth-order valence-corrected chi connectivity index (χ4v) is 3.33. The highest BCUT2D eigenvalue weighted by Crippen LogP contribution is 2.37. The number of nitriles is 1. The molecule has 0 aliphatic rings. The molecular weight excluding hydrogens is 361 g/mol. The average Bonchev–Trinajstić information content (AvgIpc) is 2.60. The Kier molecular flexibility index (Phi) is 6.54. The van der Waals surface area contributed by atoms with Gasteiger partial charge in [-0.1, -0.05) is 26.0 Å². The van der Waals surface area contributed by atoms with Crippen molar-refractivity contribution >= 4 is 11.8 Å². The van der Waals surface area contributed by atoms with Crippen LogP contribution in [0, 0.1) is 11.3 Å². The van der Waals surface area contributed by atoms with Gasteiger partial charge in [-0.15, -0.1) is 11.8 Å². The molecule has 0 N–H and O–H groups in total. The van der Waals surface area contributed by atoms with Crippen LogP contribution in [0.2, 0.25) is 0 Å². The third-order valence-electron chi connectivity index (χ3n) is 3.80. The zero-order chi connectivity index (χ0) is 19.3. The van der Waals surface area contributed by atoms with E-state index in [1.807, 2.05) is 24.3 Å². The van der Waals surface area contributed by atoms with Gasteiger partial charge in [-0.25, -0.2) is 4.98 Å². The Morgan fingerprint density at radius 3 is 2.38 bits per heavy atom. The molecule has 1 heterocycles. The number of rotatable bonds is 6. The van der Waals surface area contributed by atoms with Gasteiger partial charge in [-0.05, 0) is 36.1 Å². The van der Waals surface area contributed by atoms with Crippen molar-refractivity contribution in [1.29, 1.82) is 5.26 Å². The lowest BCUT2D eigenvalue weighted by Gasteiger charge is -2.15. The number of benzene rings is 1. The second kappa shape index (κ2) is 8.45. The molecule has 0 aliphatic heterocycles. The van der Waals surface area contributed by atoms with Gasteiger partial charge in [0.15, 0.2) is 0 Å². The molecule has 2 aromatic rings. The molecule has 0 bridgehead atoms. The number of ether oxygens (including phenoxy) is 1. The van der Waals surface area contributed by atoms with Gasteiger partial charge in [0.2, 0.25) is 0 Å². The number of methoxy groups -OCH3 is 1. The fourth-order valence-electron chi connectivity index (χ4n) is 2.33. The Morgan fingerprint density at radius 2 is 1.88 bits per heavy atom. The molecule has 7 heteroatoms. The van der Waals surface area contributed by atoms with Crippen molar-refractivity contribution in [3.05, 3.63) is 52.7 Å². The van der Waals surface area contributed by atoms with E-state index in [0.29, 0.717) is 17.9 Å². The lowest BCUT2D eigenvalue weighted by atomic mass is 10.0. The summed E-state index contributed by atoms with van der Waals surface area (Å²) in [5.41, 5.74) is 0.0587. The molecule has 0 aliphatic carbocycles. The number of aryl methyl sites for hydroxylation is 1. The molecule has 0 amide bonds. The molecule has 0 saturated carbocycles. The number of pyridine rings is 1. The minimum absolute atomic E-state index is 0.138. The summed E-state index contributed by atoms with van der Waals surface area (Å²) in [6.07, 6.45) is -3.93. The number of aromatic nitrogens is 1. The Labute approximate surface area is 155 Å². The van der Waals surface area contributed by atoms with Crippen LogP contribution in [0.25, 0.3) is 0 Å². The smallest absolute Gasteiger partial charge is 0.417 e. The van der Waals surface area contributed by atoms with Crippen LogP contribution < -0.4 is 4.74 Å². The van der Waals surface area contributed by atoms with E-state index in [2.05, 4.69) is 4.98 Å². The fraction of sp³-hybridized carbons (Fsp3) is 0.368. The van der Waals surface area contributed by atoms with Crippen LogP contribution in [0.1, 0.15) is 42.1 Å². The number of hydrogen-bond donors (Lipinski definition) is 0. The lowest BCUT2D eigenvalue weighted by Crippen LogP contribution is -2.12.